The highest BCUT2D eigenvalue weighted by molar-refractivity contribution is 7.89. The van der Waals surface area contributed by atoms with Gasteiger partial charge in [-0.05, 0) is 6.92 Å². The molecule has 19 heavy (non-hydrogen) atoms. The van der Waals surface area contributed by atoms with E-state index in [0.717, 1.165) is 0 Å². The zero-order chi connectivity index (χ0) is 14.2. The summed E-state index contributed by atoms with van der Waals surface area (Å²) in [7, 11) is -4.88. The molecule has 2 aromatic heterocycles. The average molecular weight is 342 g/mol. The third-order valence-electron chi connectivity index (χ3n) is 2.27. The first kappa shape index (κ1) is 14.9. The summed E-state index contributed by atoms with van der Waals surface area (Å²) in [5, 5.41) is 1.57. The van der Waals surface area contributed by atoms with Gasteiger partial charge in [0.15, 0.2) is 15.1 Å². The Morgan fingerprint density at radius 1 is 1.63 bits per heavy atom. The van der Waals surface area contributed by atoms with Gasteiger partial charge in [0.05, 0.1) is 0 Å². The van der Waals surface area contributed by atoms with Gasteiger partial charge in [-0.1, -0.05) is 11.6 Å². The molecule has 0 aliphatic heterocycles. The molecule has 0 radical (unpaired) electrons. The number of hydrogen-bond acceptors (Lipinski definition) is 5. The molecule has 2 aromatic rings. The van der Waals surface area contributed by atoms with Crippen molar-refractivity contribution in [3.63, 3.8) is 0 Å². The summed E-state index contributed by atoms with van der Waals surface area (Å²) in [6.45, 7) is 1.65. The van der Waals surface area contributed by atoms with Crippen LogP contribution in [0.3, 0.4) is 0 Å². The summed E-state index contributed by atoms with van der Waals surface area (Å²) in [5.74, 6) is 0.239. The second-order valence-corrected chi connectivity index (χ2v) is 8.37. The minimum absolute atomic E-state index is 0.0656. The number of fused-ring (bicyclic) bond motifs is 1. The highest BCUT2D eigenvalue weighted by Crippen LogP contribution is 2.25. The molecular formula is C9H12ClN3O3S3. The highest BCUT2D eigenvalue weighted by Gasteiger charge is 2.26. The molecule has 2 unspecified atom stereocenters. The van der Waals surface area contributed by atoms with Crippen LogP contribution in [0.15, 0.2) is 16.6 Å². The fourth-order valence-corrected chi connectivity index (χ4v) is 5.27. The van der Waals surface area contributed by atoms with E-state index in [2.05, 4.69) is 9.71 Å². The van der Waals surface area contributed by atoms with Gasteiger partial charge >= 0.3 is 0 Å². The predicted molar refractivity (Wildman–Crippen MR) is 76.8 cm³/mol. The smallest absolute Gasteiger partial charge is 0.260 e. The lowest BCUT2D eigenvalue weighted by atomic mass is 10.4. The van der Waals surface area contributed by atoms with E-state index in [4.69, 9.17) is 11.6 Å². The lowest BCUT2D eigenvalue weighted by Gasteiger charge is -2.12. The van der Waals surface area contributed by atoms with Gasteiger partial charge in [0.25, 0.3) is 10.0 Å². The first-order chi connectivity index (χ1) is 8.81. The molecule has 0 aromatic carbocycles. The summed E-state index contributed by atoms with van der Waals surface area (Å²) in [4.78, 5) is 4.49. The molecule has 0 aliphatic carbocycles. The lowest BCUT2D eigenvalue weighted by molar-refractivity contribution is 0.565. The van der Waals surface area contributed by atoms with E-state index < -0.39 is 26.9 Å². The average Bonchev–Trinajstić information content (AvgIpc) is 2.72. The molecule has 0 fully saturated rings. The maximum Gasteiger partial charge on any atom is 0.260 e. The van der Waals surface area contributed by atoms with Crippen LogP contribution in [0.1, 0.15) is 6.92 Å². The molecule has 2 atom stereocenters. The maximum atomic E-state index is 12.3. The summed E-state index contributed by atoms with van der Waals surface area (Å²) in [5.41, 5.74) is 0. The Balaban J connectivity index is 2.36. The standard InChI is InChI=1S/C9H12ClN3O3S3/c1-6(5-18(2)14)12-19(15,16)8-7(10)11-9-13(8)3-4-17-9/h3-4,6,12H,5H2,1-2H3. The lowest BCUT2D eigenvalue weighted by Crippen LogP contribution is -2.36. The van der Waals surface area contributed by atoms with Crippen LogP contribution in [-0.2, 0) is 20.8 Å². The summed E-state index contributed by atoms with van der Waals surface area (Å²) >= 11 is 7.17. The van der Waals surface area contributed by atoms with Crippen LogP contribution in [0.4, 0.5) is 0 Å². The van der Waals surface area contributed by atoms with Gasteiger partial charge in [0, 0.05) is 40.4 Å². The van der Waals surface area contributed by atoms with Crippen LogP contribution >= 0.6 is 22.9 Å². The summed E-state index contributed by atoms with van der Waals surface area (Å²) in [6.07, 6.45) is 3.11. The van der Waals surface area contributed by atoms with E-state index in [1.165, 1.54) is 22.0 Å². The molecule has 0 bridgehead atoms. The number of aromatic nitrogens is 2. The van der Waals surface area contributed by atoms with Gasteiger partial charge in [-0.2, -0.15) is 0 Å². The first-order valence-electron chi connectivity index (χ1n) is 5.24. The number of halogens is 1. The fourth-order valence-electron chi connectivity index (χ4n) is 1.69. The Labute approximate surface area is 122 Å². The predicted octanol–water partition coefficient (Wildman–Crippen LogP) is 1.09. The van der Waals surface area contributed by atoms with Crippen molar-refractivity contribution in [2.75, 3.05) is 12.0 Å². The van der Waals surface area contributed by atoms with Gasteiger partial charge in [0.2, 0.25) is 0 Å². The van der Waals surface area contributed by atoms with Gasteiger partial charge in [-0.3, -0.25) is 8.61 Å². The molecular weight excluding hydrogens is 330 g/mol. The van der Waals surface area contributed by atoms with E-state index in [1.807, 2.05) is 0 Å². The number of imidazole rings is 1. The minimum atomic E-state index is -3.80. The van der Waals surface area contributed by atoms with Crippen LogP contribution in [-0.4, -0.2) is 40.1 Å². The molecule has 2 heterocycles. The van der Waals surface area contributed by atoms with E-state index in [-0.39, 0.29) is 15.9 Å². The van der Waals surface area contributed by atoms with Crippen molar-refractivity contribution in [1.29, 1.82) is 0 Å². The maximum absolute atomic E-state index is 12.3. The van der Waals surface area contributed by atoms with Crippen LogP contribution in [0, 0.1) is 0 Å². The third kappa shape index (κ3) is 3.16. The Morgan fingerprint density at radius 3 is 2.95 bits per heavy atom. The van der Waals surface area contributed by atoms with Crippen molar-refractivity contribution in [1.82, 2.24) is 14.1 Å². The largest absolute Gasteiger partial charge is 0.279 e. The Morgan fingerprint density at radius 2 is 2.32 bits per heavy atom. The van der Waals surface area contributed by atoms with Gasteiger partial charge in [-0.25, -0.2) is 18.1 Å². The monoisotopic (exact) mass is 341 g/mol. The molecule has 2 rings (SSSR count). The number of rotatable bonds is 5. The Hall–Kier alpha value is -0.480. The van der Waals surface area contributed by atoms with Crippen molar-refractivity contribution in [3.05, 3.63) is 16.7 Å². The molecule has 1 N–H and O–H groups in total. The van der Waals surface area contributed by atoms with Crippen molar-refractivity contribution >= 4 is 48.7 Å². The minimum Gasteiger partial charge on any atom is -0.279 e. The number of nitrogens with one attached hydrogen (secondary N) is 1. The van der Waals surface area contributed by atoms with E-state index in [1.54, 1.807) is 18.5 Å². The van der Waals surface area contributed by atoms with Crippen molar-refractivity contribution in [2.45, 2.75) is 18.0 Å². The van der Waals surface area contributed by atoms with Crippen LogP contribution < -0.4 is 4.72 Å². The topological polar surface area (TPSA) is 80.5 Å². The highest BCUT2D eigenvalue weighted by atomic mass is 35.5. The number of thiazole rings is 1. The van der Waals surface area contributed by atoms with Crippen LogP contribution in [0.25, 0.3) is 4.96 Å². The number of sulfonamides is 1. The second-order valence-electron chi connectivity index (χ2n) is 4.03. The molecule has 0 amide bonds. The summed E-state index contributed by atoms with van der Waals surface area (Å²) < 4.78 is 39.5. The zero-order valence-electron chi connectivity index (χ0n) is 10.2. The molecule has 0 saturated heterocycles. The van der Waals surface area contributed by atoms with Crippen LogP contribution in [0.5, 0.6) is 0 Å². The molecule has 0 spiro atoms. The van der Waals surface area contributed by atoms with Crippen molar-refractivity contribution in [2.24, 2.45) is 0 Å². The third-order valence-corrected chi connectivity index (χ3v) is 5.99. The normalized spacial score (nSPS) is 15.7. The summed E-state index contributed by atoms with van der Waals surface area (Å²) in [6, 6.07) is -0.448. The van der Waals surface area contributed by atoms with Crippen LogP contribution in [0.2, 0.25) is 5.15 Å². The SMILES string of the molecule is CC(CS(C)=O)NS(=O)(=O)c1c(Cl)nc2sccn12. The van der Waals surface area contributed by atoms with Crippen molar-refractivity contribution < 1.29 is 12.6 Å². The zero-order valence-corrected chi connectivity index (χ0v) is 13.4. The quantitative estimate of drug-likeness (QED) is 0.883. The molecule has 10 heteroatoms. The molecule has 6 nitrogen and oxygen atoms in total. The number of hydrogen-bond donors (Lipinski definition) is 1. The van der Waals surface area contributed by atoms with Crippen molar-refractivity contribution in [3.8, 4) is 0 Å². The first-order valence-corrected chi connectivity index (χ1v) is 9.71. The van der Waals surface area contributed by atoms with Gasteiger partial charge < -0.3 is 0 Å². The Bertz CT molecular complexity index is 721. The second kappa shape index (κ2) is 5.49. The molecule has 0 aliphatic rings. The van der Waals surface area contributed by atoms with E-state index in [0.29, 0.717) is 4.96 Å². The Kier molecular flexibility index (Phi) is 4.31. The number of nitrogens with zero attached hydrogens (tertiary/aromatic N) is 2. The van der Waals surface area contributed by atoms with E-state index in [9.17, 15) is 12.6 Å². The fraction of sp³-hybridized carbons (Fsp3) is 0.444. The van der Waals surface area contributed by atoms with Gasteiger partial charge in [-0.15, -0.1) is 11.3 Å². The van der Waals surface area contributed by atoms with E-state index >= 15 is 0 Å². The molecule has 106 valence electrons. The molecule has 0 saturated carbocycles. The van der Waals surface area contributed by atoms with Gasteiger partial charge in [0.1, 0.15) is 0 Å².